The zero-order valence-electron chi connectivity index (χ0n) is 16.4. The Morgan fingerprint density at radius 3 is 2.63 bits per heavy atom. The highest BCUT2D eigenvalue weighted by Gasteiger charge is 2.31. The molecule has 144 valence electrons. The first-order valence-corrected chi connectivity index (χ1v) is 9.01. The number of carbonyl (C=O) groups is 2. The van der Waals surface area contributed by atoms with Crippen LogP contribution in [0.3, 0.4) is 0 Å². The lowest BCUT2D eigenvalue weighted by Crippen LogP contribution is -2.43. The van der Waals surface area contributed by atoms with Crippen molar-refractivity contribution in [1.29, 1.82) is 0 Å². The van der Waals surface area contributed by atoms with Crippen molar-refractivity contribution < 1.29 is 14.3 Å². The summed E-state index contributed by atoms with van der Waals surface area (Å²) >= 11 is 0. The molecule has 0 fully saturated rings. The maximum atomic E-state index is 12.1. The summed E-state index contributed by atoms with van der Waals surface area (Å²) in [5.41, 5.74) is 2.70. The van der Waals surface area contributed by atoms with E-state index in [-0.39, 0.29) is 29.9 Å². The Morgan fingerprint density at radius 2 is 2.00 bits per heavy atom. The number of aryl methyl sites for hydroxylation is 2. The van der Waals surface area contributed by atoms with Gasteiger partial charge in [-0.15, -0.1) is 0 Å². The van der Waals surface area contributed by atoms with Gasteiger partial charge in [-0.25, -0.2) is 0 Å². The maximum absolute atomic E-state index is 12.1. The molecule has 1 atom stereocenters. The molecule has 2 amide bonds. The molecule has 2 N–H and O–H groups in total. The van der Waals surface area contributed by atoms with E-state index >= 15 is 0 Å². The predicted octanol–water partition coefficient (Wildman–Crippen LogP) is 2.50. The van der Waals surface area contributed by atoms with Crippen LogP contribution in [0.25, 0.3) is 0 Å². The van der Waals surface area contributed by atoms with Crippen LogP contribution in [-0.2, 0) is 16.6 Å². The molecule has 1 aliphatic heterocycles. The number of ether oxygens (including phenoxy) is 1. The third-order valence-electron chi connectivity index (χ3n) is 4.43. The van der Waals surface area contributed by atoms with E-state index in [1.54, 1.807) is 4.68 Å². The maximum Gasteiger partial charge on any atom is 0.258 e. The summed E-state index contributed by atoms with van der Waals surface area (Å²) in [6.07, 6.45) is 0.383. The van der Waals surface area contributed by atoms with Crippen LogP contribution < -0.4 is 15.4 Å². The summed E-state index contributed by atoms with van der Waals surface area (Å²) in [6, 6.07) is 7.54. The van der Waals surface area contributed by atoms with E-state index in [0.717, 1.165) is 22.6 Å². The molecule has 0 radical (unpaired) electrons. The van der Waals surface area contributed by atoms with E-state index in [4.69, 9.17) is 4.74 Å². The molecule has 7 heteroatoms. The predicted molar refractivity (Wildman–Crippen MR) is 103 cm³/mol. The van der Waals surface area contributed by atoms with Crippen molar-refractivity contribution in [2.75, 3.05) is 11.9 Å². The smallest absolute Gasteiger partial charge is 0.258 e. The first-order chi connectivity index (χ1) is 12.6. The molecule has 0 aliphatic carbocycles. The molecule has 7 nitrogen and oxygen atoms in total. The highest BCUT2D eigenvalue weighted by atomic mass is 16.5. The molecular weight excluding hydrogens is 344 g/mol. The number of aromatic nitrogens is 2. The van der Waals surface area contributed by atoms with Crippen LogP contribution in [-0.4, -0.2) is 33.7 Å². The van der Waals surface area contributed by atoms with Gasteiger partial charge in [0, 0.05) is 30.5 Å². The van der Waals surface area contributed by atoms with Crippen molar-refractivity contribution in [1.82, 2.24) is 15.1 Å². The molecule has 0 spiro atoms. The van der Waals surface area contributed by atoms with Crippen LogP contribution in [0.15, 0.2) is 24.3 Å². The minimum absolute atomic E-state index is 0.0188. The second-order valence-corrected chi connectivity index (χ2v) is 7.93. The lowest BCUT2D eigenvalue weighted by Gasteiger charge is -2.24. The largest absolute Gasteiger partial charge is 0.484 e. The van der Waals surface area contributed by atoms with Crippen molar-refractivity contribution in [3.05, 3.63) is 41.1 Å². The fraction of sp³-hybridized carbons (Fsp3) is 0.450. The Balaban J connectivity index is 1.73. The van der Waals surface area contributed by atoms with E-state index in [9.17, 15) is 9.59 Å². The second-order valence-electron chi connectivity index (χ2n) is 7.93. The van der Waals surface area contributed by atoms with Gasteiger partial charge in [0.1, 0.15) is 11.6 Å². The minimum atomic E-state index is -0.287. The quantitative estimate of drug-likeness (QED) is 0.866. The second kappa shape index (κ2) is 7.06. The number of carbonyl (C=O) groups excluding carboxylic acids is 2. The number of amides is 2. The average molecular weight is 370 g/mol. The van der Waals surface area contributed by atoms with Crippen molar-refractivity contribution in [2.45, 2.75) is 45.6 Å². The van der Waals surface area contributed by atoms with Crippen molar-refractivity contribution in [3.8, 4) is 5.75 Å². The molecule has 0 saturated carbocycles. The first-order valence-electron chi connectivity index (χ1n) is 9.01. The molecule has 1 aliphatic rings. The third-order valence-corrected chi connectivity index (χ3v) is 4.43. The van der Waals surface area contributed by atoms with Crippen LogP contribution in [0.4, 0.5) is 5.82 Å². The molecule has 1 aromatic carbocycles. The molecule has 27 heavy (non-hydrogen) atoms. The fourth-order valence-corrected chi connectivity index (χ4v) is 3.39. The molecule has 1 aromatic heterocycles. The zero-order valence-corrected chi connectivity index (χ0v) is 16.4. The molecular formula is C20H26N4O3. The number of hydrogen-bond donors (Lipinski definition) is 2. The van der Waals surface area contributed by atoms with Gasteiger partial charge in [-0.2, -0.15) is 5.10 Å². The van der Waals surface area contributed by atoms with Crippen molar-refractivity contribution in [2.24, 2.45) is 7.05 Å². The molecule has 3 rings (SSSR count). The van der Waals surface area contributed by atoms with Crippen molar-refractivity contribution in [3.63, 3.8) is 0 Å². The Labute approximate surface area is 159 Å². The van der Waals surface area contributed by atoms with Crippen LogP contribution in [0.2, 0.25) is 0 Å². The van der Waals surface area contributed by atoms with Gasteiger partial charge >= 0.3 is 0 Å². The lowest BCUT2D eigenvalue weighted by molar-refractivity contribution is -0.124. The van der Waals surface area contributed by atoms with Gasteiger partial charge in [-0.05, 0) is 45.4 Å². The summed E-state index contributed by atoms with van der Waals surface area (Å²) in [6.45, 7) is 7.70. The summed E-state index contributed by atoms with van der Waals surface area (Å²) in [5.74, 6) is 1.15. The SMILES string of the molecule is Cc1nn(C)c2c1[C@H](c1ccc(OCC(=O)NC(C)(C)C)cc1)CC(=O)N2. The highest BCUT2D eigenvalue weighted by Crippen LogP contribution is 2.39. The van der Waals surface area contributed by atoms with E-state index < -0.39 is 0 Å². The number of nitrogens with one attached hydrogen (secondary N) is 2. The Hall–Kier alpha value is -2.83. The number of anilines is 1. The van der Waals surface area contributed by atoms with Crippen LogP contribution in [0.1, 0.15) is 49.9 Å². The molecule has 0 bridgehead atoms. The number of rotatable bonds is 4. The Bertz CT molecular complexity index is 863. The van der Waals surface area contributed by atoms with E-state index in [1.165, 1.54) is 0 Å². The van der Waals surface area contributed by atoms with Gasteiger partial charge in [0.05, 0.1) is 5.69 Å². The third kappa shape index (κ3) is 4.30. The van der Waals surface area contributed by atoms with E-state index in [1.807, 2.05) is 59.0 Å². The standard InChI is InChI=1S/C20H26N4O3/c1-12-18-15(10-16(25)21-19(18)24(5)23-12)13-6-8-14(9-7-13)27-11-17(26)22-20(2,3)4/h6-9,15H,10-11H2,1-5H3,(H,21,25)(H,22,26)/t15-/m0/s1. The van der Waals surface area contributed by atoms with Gasteiger partial charge in [-0.1, -0.05) is 12.1 Å². The summed E-state index contributed by atoms with van der Waals surface area (Å²) < 4.78 is 7.28. The van der Waals surface area contributed by atoms with Gasteiger partial charge in [0.15, 0.2) is 6.61 Å². The highest BCUT2D eigenvalue weighted by molar-refractivity contribution is 5.94. The summed E-state index contributed by atoms with van der Waals surface area (Å²) in [4.78, 5) is 24.0. The minimum Gasteiger partial charge on any atom is -0.484 e. The first kappa shape index (κ1) is 18.9. The molecule has 2 heterocycles. The lowest BCUT2D eigenvalue weighted by atomic mass is 9.86. The number of benzene rings is 1. The summed E-state index contributed by atoms with van der Waals surface area (Å²) in [7, 11) is 1.83. The number of fused-ring (bicyclic) bond motifs is 1. The summed E-state index contributed by atoms with van der Waals surface area (Å²) in [5, 5.41) is 10.2. The van der Waals surface area contributed by atoms with Gasteiger partial charge < -0.3 is 15.4 Å². The average Bonchev–Trinajstić information content (AvgIpc) is 2.85. The normalized spacial score (nSPS) is 16.5. The van der Waals surface area contributed by atoms with Crippen LogP contribution >= 0.6 is 0 Å². The van der Waals surface area contributed by atoms with Gasteiger partial charge in [0.25, 0.3) is 5.91 Å². The molecule has 2 aromatic rings. The van der Waals surface area contributed by atoms with Crippen molar-refractivity contribution >= 4 is 17.6 Å². The van der Waals surface area contributed by atoms with E-state index in [2.05, 4.69) is 15.7 Å². The van der Waals surface area contributed by atoms with Crippen LogP contribution in [0, 0.1) is 6.92 Å². The number of nitrogens with zero attached hydrogens (tertiary/aromatic N) is 2. The van der Waals surface area contributed by atoms with E-state index in [0.29, 0.717) is 12.2 Å². The van der Waals surface area contributed by atoms with Gasteiger partial charge in [-0.3, -0.25) is 14.3 Å². The van der Waals surface area contributed by atoms with Gasteiger partial charge in [0.2, 0.25) is 5.91 Å². The Morgan fingerprint density at radius 1 is 1.33 bits per heavy atom. The molecule has 0 unspecified atom stereocenters. The van der Waals surface area contributed by atoms with Crippen LogP contribution in [0.5, 0.6) is 5.75 Å². The Kier molecular flexibility index (Phi) is 4.95. The monoisotopic (exact) mass is 370 g/mol. The fourth-order valence-electron chi connectivity index (χ4n) is 3.39. The number of hydrogen-bond acceptors (Lipinski definition) is 4. The zero-order chi connectivity index (χ0) is 19.8. The topological polar surface area (TPSA) is 85.2 Å². The molecule has 0 saturated heterocycles.